The van der Waals surface area contributed by atoms with Crippen molar-refractivity contribution in [3.05, 3.63) is 0 Å². The van der Waals surface area contributed by atoms with E-state index in [2.05, 4.69) is 16.2 Å². The van der Waals surface area contributed by atoms with Crippen molar-refractivity contribution in [1.82, 2.24) is 0 Å². The van der Waals surface area contributed by atoms with Gasteiger partial charge in [-0.15, -0.1) is 9.24 Å². The molecule has 0 bridgehead atoms. The largest absolute Gasteiger partial charge is 0.389 e. The van der Waals surface area contributed by atoms with Gasteiger partial charge < -0.3 is 5.11 Å². The van der Waals surface area contributed by atoms with Crippen molar-refractivity contribution in [1.29, 1.82) is 0 Å². The Kier molecular flexibility index (Phi) is 2.93. The summed E-state index contributed by atoms with van der Waals surface area (Å²) in [7, 11) is 2.40. The van der Waals surface area contributed by atoms with E-state index in [-0.39, 0.29) is 11.3 Å². The molecule has 0 aliphatic carbocycles. The van der Waals surface area contributed by atoms with Crippen LogP contribution in [0.15, 0.2) is 0 Å². The molecule has 0 amide bonds. The van der Waals surface area contributed by atoms with Gasteiger partial charge in [-0.2, -0.15) is 0 Å². The van der Waals surface area contributed by atoms with Crippen molar-refractivity contribution in [3.8, 4) is 0 Å². The van der Waals surface area contributed by atoms with Crippen LogP contribution in [0.25, 0.3) is 0 Å². The summed E-state index contributed by atoms with van der Waals surface area (Å²) in [6.45, 7) is 6.17. The summed E-state index contributed by atoms with van der Waals surface area (Å²) in [4.78, 5) is 0. The molecule has 1 N–H and O–H groups in total. The van der Waals surface area contributed by atoms with E-state index in [0.29, 0.717) is 0 Å². The molecule has 0 aliphatic rings. The Morgan fingerprint density at radius 2 is 2.00 bits per heavy atom. The van der Waals surface area contributed by atoms with Crippen molar-refractivity contribution in [2.24, 2.45) is 5.41 Å². The molecule has 0 saturated carbocycles. The second kappa shape index (κ2) is 2.80. The number of aliphatic hydroxyl groups excluding tert-OH is 1. The Hall–Kier alpha value is 0.390. The average molecular weight is 134 g/mol. The van der Waals surface area contributed by atoms with Crippen molar-refractivity contribution in [2.45, 2.75) is 33.0 Å². The maximum Gasteiger partial charge on any atom is 0.0724 e. The van der Waals surface area contributed by atoms with Crippen LogP contribution in [-0.4, -0.2) is 11.0 Å². The van der Waals surface area contributed by atoms with E-state index < -0.39 is 0 Å². The minimum Gasteiger partial charge on any atom is -0.389 e. The second-order valence-corrected chi connectivity index (χ2v) is 3.42. The maximum atomic E-state index is 9.04. The molecule has 0 spiro atoms. The molecule has 2 heteroatoms. The van der Waals surface area contributed by atoms with Crippen molar-refractivity contribution in [2.75, 3.05) is 0 Å². The molecule has 8 heavy (non-hydrogen) atoms. The van der Waals surface area contributed by atoms with Gasteiger partial charge in [0.15, 0.2) is 0 Å². The summed E-state index contributed by atoms with van der Waals surface area (Å²) in [6.07, 6.45) is 1.01. The van der Waals surface area contributed by atoms with Crippen molar-refractivity contribution >= 4 is 9.24 Å². The lowest BCUT2D eigenvalue weighted by atomic mass is 9.91. The fraction of sp³-hybridized carbons (Fsp3) is 1.00. The smallest absolute Gasteiger partial charge is 0.0724 e. The van der Waals surface area contributed by atoms with Gasteiger partial charge in [0.05, 0.1) is 5.85 Å². The molecule has 2 unspecified atom stereocenters. The van der Waals surface area contributed by atoms with Gasteiger partial charge in [0.2, 0.25) is 0 Å². The standard InChI is InChI=1S/C6H15OP/c1-4-6(2,3)5(7)8/h5,7H,4,8H2,1-3H3. The van der Waals surface area contributed by atoms with Crippen LogP contribution in [0.2, 0.25) is 0 Å². The van der Waals surface area contributed by atoms with Crippen molar-refractivity contribution in [3.63, 3.8) is 0 Å². The number of rotatable bonds is 2. The molecule has 0 aromatic rings. The molecule has 0 heterocycles. The third-order valence-corrected chi connectivity index (χ3v) is 2.61. The molecule has 0 aromatic carbocycles. The third-order valence-electron chi connectivity index (χ3n) is 1.71. The monoisotopic (exact) mass is 134 g/mol. The predicted octanol–water partition coefficient (Wildman–Crippen LogP) is 1.62. The van der Waals surface area contributed by atoms with Crippen LogP contribution >= 0.6 is 9.24 Å². The topological polar surface area (TPSA) is 20.2 Å². The van der Waals surface area contributed by atoms with Gasteiger partial charge in [0, 0.05) is 0 Å². The van der Waals surface area contributed by atoms with E-state index in [1.807, 2.05) is 13.8 Å². The highest BCUT2D eigenvalue weighted by Crippen LogP contribution is 2.27. The zero-order valence-corrected chi connectivity index (χ0v) is 6.96. The highest BCUT2D eigenvalue weighted by atomic mass is 31.0. The van der Waals surface area contributed by atoms with Gasteiger partial charge in [0.1, 0.15) is 0 Å². The lowest BCUT2D eigenvalue weighted by Gasteiger charge is -2.25. The number of aliphatic hydroxyl groups is 1. The SMILES string of the molecule is CCC(C)(C)C(O)P. The summed E-state index contributed by atoms with van der Waals surface area (Å²) in [5.41, 5.74) is 0.0602. The van der Waals surface area contributed by atoms with Gasteiger partial charge in [-0.25, -0.2) is 0 Å². The van der Waals surface area contributed by atoms with Gasteiger partial charge in [-0.1, -0.05) is 20.8 Å². The molecule has 50 valence electrons. The van der Waals surface area contributed by atoms with Gasteiger partial charge in [0.25, 0.3) is 0 Å². The number of hydrogen-bond acceptors (Lipinski definition) is 1. The van der Waals surface area contributed by atoms with Crippen LogP contribution in [0.5, 0.6) is 0 Å². The normalized spacial score (nSPS) is 16.1. The van der Waals surface area contributed by atoms with Crippen LogP contribution in [0.4, 0.5) is 0 Å². The Balaban J connectivity index is 3.71. The Morgan fingerprint density at radius 3 is 2.00 bits per heavy atom. The highest BCUT2D eigenvalue weighted by molar-refractivity contribution is 7.17. The van der Waals surface area contributed by atoms with Crippen LogP contribution < -0.4 is 0 Å². The summed E-state index contributed by atoms with van der Waals surface area (Å²) >= 11 is 0. The lowest BCUT2D eigenvalue weighted by Crippen LogP contribution is -2.22. The van der Waals surface area contributed by atoms with Gasteiger partial charge in [-0.3, -0.25) is 0 Å². The molecule has 1 nitrogen and oxygen atoms in total. The molecule has 0 aliphatic heterocycles. The second-order valence-electron chi connectivity index (χ2n) is 2.79. The van der Waals surface area contributed by atoms with Gasteiger partial charge >= 0.3 is 0 Å². The van der Waals surface area contributed by atoms with E-state index in [1.54, 1.807) is 0 Å². The summed E-state index contributed by atoms with van der Waals surface area (Å²) in [6, 6.07) is 0. The first kappa shape index (κ1) is 8.39. The van der Waals surface area contributed by atoms with Crippen LogP contribution in [0.1, 0.15) is 27.2 Å². The number of hydrogen-bond donors (Lipinski definition) is 1. The summed E-state index contributed by atoms with van der Waals surface area (Å²) in [5, 5.41) is 9.04. The summed E-state index contributed by atoms with van der Waals surface area (Å²) in [5.74, 6) is -0.271. The Morgan fingerprint density at radius 1 is 1.62 bits per heavy atom. The van der Waals surface area contributed by atoms with E-state index >= 15 is 0 Å². The van der Waals surface area contributed by atoms with Crippen LogP contribution in [-0.2, 0) is 0 Å². The highest BCUT2D eigenvalue weighted by Gasteiger charge is 2.20. The minimum atomic E-state index is -0.271. The Bertz CT molecular complexity index is 68.9. The molecule has 0 aromatic heterocycles. The molecule has 2 atom stereocenters. The molecule has 0 rings (SSSR count). The predicted molar refractivity (Wildman–Crippen MR) is 39.8 cm³/mol. The quantitative estimate of drug-likeness (QED) is 0.569. The van der Waals surface area contributed by atoms with Crippen LogP contribution in [0, 0.1) is 5.41 Å². The lowest BCUT2D eigenvalue weighted by molar-refractivity contribution is 0.122. The van der Waals surface area contributed by atoms with Crippen molar-refractivity contribution < 1.29 is 5.11 Å². The molecular weight excluding hydrogens is 119 g/mol. The minimum absolute atomic E-state index is 0.0602. The first-order valence-corrected chi connectivity index (χ1v) is 3.61. The average Bonchev–Trinajstić information content (AvgIpc) is 1.67. The van der Waals surface area contributed by atoms with E-state index in [1.165, 1.54) is 0 Å². The van der Waals surface area contributed by atoms with E-state index in [4.69, 9.17) is 5.11 Å². The third kappa shape index (κ3) is 2.11. The molecule has 0 fully saturated rings. The fourth-order valence-corrected chi connectivity index (χ4v) is 0.445. The summed E-state index contributed by atoms with van der Waals surface area (Å²) < 4.78 is 0. The van der Waals surface area contributed by atoms with Gasteiger partial charge in [-0.05, 0) is 11.8 Å². The maximum absolute atomic E-state index is 9.04. The first-order valence-electron chi connectivity index (χ1n) is 2.94. The van der Waals surface area contributed by atoms with Crippen LogP contribution in [0.3, 0.4) is 0 Å². The zero-order chi connectivity index (χ0) is 6.78. The van der Waals surface area contributed by atoms with E-state index in [9.17, 15) is 0 Å². The molecule has 0 saturated heterocycles. The molecular formula is C6H15OP. The molecule has 0 radical (unpaired) electrons. The first-order chi connectivity index (χ1) is 3.50. The fourth-order valence-electron chi connectivity index (χ4n) is 0.209. The zero-order valence-electron chi connectivity index (χ0n) is 5.81. The van der Waals surface area contributed by atoms with E-state index in [0.717, 1.165) is 6.42 Å². The Labute approximate surface area is 53.7 Å².